The third-order valence-electron chi connectivity index (χ3n) is 3.92. The van der Waals surface area contributed by atoms with Crippen molar-refractivity contribution in [2.75, 3.05) is 26.7 Å². The molecule has 0 spiro atoms. The van der Waals surface area contributed by atoms with E-state index >= 15 is 0 Å². The van der Waals surface area contributed by atoms with Gasteiger partial charge in [-0.1, -0.05) is 11.6 Å². The van der Waals surface area contributed by atoms with Crippen LogP contribution in [0.15, 0.2) is 18.2 Å². The van der Waals surface area contributed by atoms with E-state index < -0.39 is 0 Å². The van der Waals surface area contributed by atoms with E-state index in [1.807, 2.05) is 12.1 Å². The lowest BCUT2D eigenvalue weighted by Gasteiger charge is -2.24. The minimum absolute atomic E-state index is 0.613. The lowest BCUT2D eigenvalue weighted by molar-refractivity contribution is 0.338. The van der Waals surface area contributed by atoms with Crippen LogP contribution in [0.1, 0.15) is 17.9 Å². The summed E-state index contributed by atoms with van der Waals surface area (Å²) in [6.07, 6.45) is 1.32. The van der Waals surface area contributed by atoms with E-state index in [2.05, 4.69) is 11.0 Å². The third-order valence-corrected chi connectivity index (χ3v) is 4.16. The van der Waals surface area contributed by atoms with Crippen LogP contribution >= 0.6 is 11.6 Å². The molecule has 2 fully saturated rings. The molecular formula is C13H16ClNO. The normalized spacial score (nSPS) is 32.0. The Morgan fingerprint density at radius 1 is 1.38 bits per heavy atom. The van der Waals surface area contributed by atoms with Gasteiger partial charge in [0.15, 0.2) is 0 Å². The summed E-state index contributed by atoms with van der Waals surface area (Å²) in [5.41, 5.74) is 1.29. The SMILES string of the molecule is COc1ccc(Cl)cc1[C@@H]1CN2CC[C@H]1C2. The summed E-state index contributed by atoms with van der Waals surface area (Å²) in [5, 5.41) is 0.813. The number of hydrogen-bond acceptors (Lipinski definition) is 2. The van der Waals surface area contributed by atoms with Crippen LogP contribution in [0.4, 0.5) is 0 Å². The number of hydrogen-bond donors (Lipinski definition) is 0. The molecule has 0 saturated carbocycles. The largest absolute Gasteiger partial charge is 0.496 e. The van der Waals surface area contributed by atoms with Crippen LogP contribution in [0.3, 0.4) is 0 Å². The van der Waals surface area contributed by atoms with Crippen molar-refractivity contribution in [3.63, 3.8) is 0 Å². The average molecular weight is 238 g/mol. The fourth-order valence-electron chi connectivity index (χ4n) is 3.13. The van der Waals surface area contributed by atoms with Gasteiger partial charge in [-0.25, -0.2) is 0 Å². The van der Waals surface area contributed by atoms with Crippen LogP contribution in [0.5, 0.6) is 5.75 Å². The van der Waals surface area contributed by atoms with E-state index in [1.165, 1.54) is 31.6 Å². The second-order valence-corrected chi connectivity index (χ2v) is 5.24. The summed E-state index contributed by atoms with van der Waals surface area (Å²) in [4.78, 5) is 2.54. The molecule has 3 rings (SSSR count). The summed E-state index contributed by atoms with van der Waals surface area (Å²) < 4.78 is 5.44. The molecule has 2 heterocycles. The first-order valence-electron chi connectivity index (χ1n) is 5.83. The van der Waals surface area contributed by atoms with E-state index in [4.69, 9.17) is 16.3 Å². The first-order valence-corrected chi connectivity index (χ1v) is 6.21. The quantitative estimate of drug-likeness (QED) is 0.784. The number of piperidine rings is 1. The van der Waals surface area contributed by atoms with Gasteiger partial charge in [0.2, 0.25) is 0 Å². The highest BCUT2D eigenvalue weighted by molar-refractivity contribution is 6.30. The summed E-state index contributed by atoms with van der Waals surface area (Å²) in [5.74, 6) is 2.40. The van der Waals surface area contributed by atoms with Crippen molar-refractivity contribution in [2.24, 2.45) is 5.92 Å². The number of nitrogens with zero attached hydrogens (tertiary/aromatic N) is 1. The summed E-state index contributed by atoms with van der Waals surface area (Å²) in [6.45, 7) is 3.69. The Balaban J connectivity index is 1.96. The first-order chi connectivity index (χ1) is 7.78. The molecule has 3 heteroatoms. The fraction of sp³-hybridized carbons (Fsp3) is 0.538. The van der Waals surface area contributed by atoms with Crippen LogP contribution < -0.4 is 4.74 Å². The minimum Gasteiger partial charge on any atom is -0.496 e. The van der Waals surface area contributed by atoms with Gasteiger partial charge >= 0.3 is 0 Å². The molecule has 16 heavy (non-hydrogen) atoms. The second kappa shape index (κ2) is 3.94. The maximum absolute atomic E-state index is 6.09. The summed E-state index contributed by atoms with van der Waals surface area (Å²) >= 11 is 6.09. The average Bonchev–Trinajstić information content (AvgIpc) is 2.90. The molecule has 2 saturated heterocycles. The highest BCUT2D eigenvalue weighted by Gasteiger charge is 2.39. The molecule has 2 bridgehead atoms. The van der Waals surface area contributed by atoms with Crippen molar-refractivity contribution in [3.05, 3.63) is 28.8 Å². The van der Waals surface area contributed by atoms with Gasteiger partial charge in [-0.2, -0.15) is 0 Å². The van der Waals surface area contributed by atoms with Gasteiger partial charge in [-0.3, -0.25) is 0 Å². The zero-order valence-electron chi connectivity index (χ0n) is 9.45. The maximum atomic E-state index is 6.09. The zero-order chi connectivity index (χ0) is 11.1. The molecular weight excluding hydrogens is 222 g/mol. The summed E-state index contributed by atoms with van der Waals surface area (Å²) in [7, 11) is 1.74. The van der Waals surface area contributed by atoms with Crippen LogP contribution in [-0.2, 0) is 0 Å². The van der Waals surface area contributed by atoms with Gasteiger partial charge in [0, 0.05) is 29.6 Å². The molecule has 0 radical (unpaired) electrons. The van der Waals surface area contributed by atoms with E-state index in [-0.39, 0.29) is 0 Å². The molecule has 0 N–H and O–H groups in total. The molecule has 2 aliphatic rings. The van der Waals surface area contributed by atoms with Gasteiger partial charge < -0.3 is 9.64 Å². The van der Waals surface area contributed by atoms with E-state index in [0.717, 1.165) is 16.7 Å². The monoisotopic (exact) mass is 237 g/mol. The van der Waals surface area contributed by atoms with Crippen molar-refractivity contribution in [2.45, 2.75) is 12.3 Å². The third kappa shape index (κ3) is 1.61. The van der Waals surface area contributed by atoms with Crippen LogP contribution in [0.25, 0.3) is 0 Å². The van der Waals surface area contributed by atoms with Crippen molar-refractivity contribution in [1.29, 1.82) is 0 Å². The second-order valence-electron chi connectivity index (χ2n) is 4.80. The number of benzene rings is 1. The van der Waals surface area contributed by atoms with Crippen molar-refractivity contribution in [1.82, 2.24) is 4.90 Å². The molecule has 2 aliphatic heterocycles. The molecule has 3 atom stereocenters. The van der Waals surface area contributed by atoms with Crippen LogP contribution in [0, 0.1) is 5.92 Å². The van der Waals surface area contributed by atoms with Crippen LogP contribution in [-0.4, -0.2) is 31.6 Å². The van der Waals surface area contributed by atoms with Gasteiger partial charge in [-0.15, -0.1) is 0 Å². The van der Waals surface area contributed by atoms with Crippen molar-refractivity contribution >= 4 is 11.6 Å². The minimum atomic E-state index is 0.613. The number of halogens is 1. The summed E-state index contributed by atoms with van der Waals surface area (Å²) in [6, 6.07) is 5.96. The van der Waals surface area contributed by atoms with Crippen molar-refractivity contribution < 1.29 is 4.74 Å². The molecule has 86 valence electrons. The molecule has 2 nitrogen and oxygen atoms in total. The molecule has 1 aromatic rings. The lowest BCUT2D eigenvalue weighted by Crippen LogP contribution is -2.22. The molecule has 1 unspecified atom stereocenters. The molecule has 0 aliphatic carbocycles. The number of fused-ring (bicyclic) bond motifs is 2. The zero-order valence-corrected chi connectivity index (χ0v) is 10.2. The Hall–Kier alpha value is -0.730. The predicted octanol–water partition coefficient (Wildman–Crippen LogP) is 2.77. The molecule has 0 aromatic heterocycles. The highest BCUT2D eigenvalue weighted by Crippen LogP contribution is 2.43. The first kappa shape index (κ1) is 10.4. The Bertz CT molecular complexity index is 407. The van der Waals surface area contributed by atoms with Gasteiger partial charge in [-0.05, 0) is 37.1 Å². The molecule has 1 aromatic carbocycles. The maximum Gasteiger partial charge on any atom is 0.122 e. The predicted molar refractivity (Wildman–Crippen MR) is 65.3 cm³/mol. The van der Waals surface area contributed by atoms with Gasteiger partial charge in [0.1, 0.15) is 5.75 Å². The van der Waals surface area contributed by atoms with Gasteiger partial charge in [0.25, 0.3) is 0 Å². The number of methoxy groups -OCH3 is 1. The topological polar surface area (TPSA) is 12.5 Å². The van der Waals surface area contributed by atoms with E-state index in [9.17, 15) is 0 Å². The standard InChI is InChI=1S/C13H16ClNO/c1-16-13-3-2-10(14)6-11(13)12-8-15-5-4-9(12)7-15/h2-3,6,9,12H,4-5,7-8H2,1H3/t9-,12+/m0/s1. The number of ether oxygens (including phenoxy) is 1. The van der Waals surface area contributed by atoms with Crippen molar-refractivity contribution in [3.8, 4) is 5.75 Å². The lowest BCUT2D eigenvalue weighted by atomic mass is 9.86. The Morgan fingerprint density at radius 2 is 2.25 bits per heavy atom. The van der Waals surface area contributed by atoms with Gasteiger partial charge in [0.05, 0.1) is 7.11 Å². The smallest absolute Gasteiger partial charge is 0.122 e. The van der Waals surface area contributed by atoms with Crippen LogP contribution in [0.2, 0.25) is 5.02 Å². The fourth-order valence-corrected chi connectivity index (χ4v) is 3.31. The van der Waals surface area contributed by atoms with E-state index in [0.29, 0.717) is 5.92 Å². The number of rotatable bonds is 2. The van der Waals surface area contributed by atoms with E-state index in [1.54, 1.807) is 7.11 Å². The Kier molecular flexibility index (Phi) is 2.56. The Labute approximate surface area is 101 Å². The molecule has 0 amide bonds. The highest BCUT2D eigenvalue weighted by atomic mass is 35.5. The Morgan fingerprint density at radius 3 is 2.88 bits per heavy atom.